The van der Waals surface area contributed by atoms with Gasteiger partial charge in [-0.1, -0.05) is 43.7 Å². The molecule has 0 fully saturated rings. The van der Waals surface area contributed by atoms with E-state index >= 15 is 0 Å². The van der Waals surface area contributed by atoms with E-state index < -0.39 is 6.10 Å². The fourth-order valence-electron chi connectivity index (χ4n) is 1.96. The molecule has 0 saturated heterocycles. The summed E-state index contributed by atoms with van der Waals surface area (Å²) in [7, 11) is 0. The number of hydrogen-bond donors (Lipinski definition) is 2. The van der Waals surface area contributed by atoms with Gasteiger partial charge in [0.15, 0.2) is 0 Å². The molecule has 0 aliphatic carbocycles. The van der Waals surface area contributed by atoms with Crippen molar-refractivity contribution in [3.63, 3.8) is 0 Å². The summed E-state index contributed by atoms with van der Waals surface area (Å²) in [5, 5.41) is 12.8. The molecule has 0 aliphatic heterocycles. The molecule has 1 aromatic rings. The summed E-state index contributed by atoms with van der Waals surface area (Å²) < 4.78 is 0. The lowest BCUT2D eigenvalue weighted by atomic mass is 10.0. The van der Waals surface area contributed by atoms with Crippen LogP contribution in [0.5, 0.6) is 0 Å². The number of aryl methyl sites for hydroxylation is 1. The lowest BCUT2D eigenvalue weighted by molar-refractivity contribution is -0.117. The zero-order chi connectivity index (χ0) is 14.3. The second kappa shape index (κ2) is 7.74. The van der Waals surface area contributed by atoms with Gasteiger partial charge in [-0.25, -0.2) is 0 Å². The molecule has 0 saturated carbocycles. The number of amides is 1. The lowest BCUT2D eigenvalue weighted by Gasteiger charge is -2.14. The molecule has 0 bridgehead atoms. The Hall–Kier alpha value is -1.61. The maximum absolute atomic E-state index is 11.7. The quantitative estimate of drug-likeness (QED) is 0.774. The molecule has 19 heavy (non-hydrogen) atoms. The number of rotatable bonds is 6. The Bertz CT molecular complexity index is 446. The first kappa shape index (κ1) is 15.4. The van der Waals surface area contributed by atoms with Gasteiger partial charge >= 0.3 is 0 Å². The number of benzene rings is 1. The molecule has 3 nitrogen and oxygen atoms in total. The molecule has 1 aromatic carbocycles. The standard InChI is InChI=1S/C16H23NO2/c1-4-13(5-2)10-16(19)17-11-15(18)14-9-7-6-8-12(14)3/h6-10,15,18H,4-5,11H2,1-3H3,(H,17,19). The SMILES string of the molecule is CCC(=CC(=O)NCC(O)c1ccccc1C)CC. The van der Waals surface area contributed by atoms with E-state index in [1.807, 2.05) is 45.0 Å². The highest BCUT2D eigenvalue weighted by Gasteiger charge is 2.10. The summed E-state index contributed by atoms with van der Waals surface area (Å²) in [5.74, 6) is -0.133. The molecule has 0 heterocycles. The third-order valence-electron chi connectivity index (χ3n) is 3.26. The van der Waals surface area contributed by atoms with E-state index in [9.17, 15) is 9.90 Å². The zero-order valence-corrected chi connectivity index (χ0v) is 11.9. The minimum Gasteiger partial charge on any atom is -0.387 e. The Morgan fingerprint density at radius 1 is 1.32 bits per heavy atom. The predicted octanol–water partition coefficient (Wildman–Crippen LogP) is 2.89. The van der Waals surface area contributed by atoms with Gasteiger partial charge in [-0.15, -0.1) is 0 Å². The van der Waals surface area contributed by atoms with Gasteiger partial charge in [0.05, 0.1) is 6.10 Å². The highest BCUT2D eigenvalue weighted by molar-refractivity contribution is 5.88. The summed E-state index contributed by atoms with van der Waals surface area (Å²) in [6.45, 7) is 6.25. The van der Waals surface area contributed by atoms with Crippen LogP contribution in [0.2, 0.25) is 0 Å². The average molecular weight is 261 g/mol. The molecule has 1 amide bonds. The molecule has 2 N–H and O–H groups in total. The highest BCUT2D eigenvalue weighted by atomic mass is 16.3. The van der Waals surface area contributed by atoms with Gasteiger partial charge in [0.1, 0.15) is 0 Å². The van der Waals surface area contributed by atoms with Crippen LogP contribution in [-0.4, -0.2) is 17.6 Å². The van der Waals surface area contributed by atoms with Gasteiger partial charge in [-0.2, -0.15) is 0 Å². The van der Waals surface area contributed by atoms with E-state index in [0.717, 1.165) is 29.5 Å². The minimum atomic E-state index is -0.662. The molecule has 0 aromatic heterocycles. The number of allylic oxidation sites excluding steroid dienone is 1. The summed E-state index contributed by atoms with van der Waals surface area (Å²) in [6, 6.07) is 7.65. The van der Waals surface area contributed by atoms with E-state index in [1.54, 1.807) is 6.08 Å². The second-order valence-corrected chi connectivity index (χ2v) is 4.63. The first-order valence-electron chi connectivity index (χ1n) is 6.79. The van der Waals surface area contributed by atoms with Crippen molar-refractivity contribution >= 4 is 5.91 Å². The second-order valence-electron chi connectivity index (χ2n) is 4.63. The maximum atomic E-state index is 11.7. The van der Waals surface area contributed by atoms with Crippen LogP contribution in [0.15, 0.2) is 35.9 Å². The van der Waals surface area contributed by atoms with Crippen LogP contribution in [-0.2, 0) is 4.79 Å². The Morgan fingerprint density at radius 3 is 2.53 bits per heavy atom. The number of nitrogens with one attached hydrogen (secondary N) is 1. The van der Waals surface area contributed by atoms with Crippen LogP contribution in [0.1, 0.15) is 43.9 Å². The molecular formula is C16H23NO2. The van der Waals surface area contributed by atoms with Crippen molar-refractivity contribution in [3.8, 4) is 0 Å². The van der Waals surface area contributed by atoms with Crippen molar-refractivity contribution in [1.29, 1.82) is 0 Å². The number of carbonyl (C=O) groups excluding carboxylic acids is 1. The fraction of sp³-hybridized carbons (Fsp3) is 0.438. The van der Waals surface area contributed by atoms with E-state index in [4.69, 9.17) is 0 Å². The van der Waals surface area contributed by atoms with Crippen LogP contribution < -0.4 is 5.32 Å². The van der Waals surface area contributed by atoms with Crippen LogP contribution in [0.4, 0.5) is 0 Å². The predicted molar refractivity (Wildman–Crippen MR) is 77.8 cm³/mol. The van der Waals surface area contributed by atoms with Crippen molar-refractivity contribution in [2.75, 3.05) is 6.54 Å². The number of hydrogen-bond acceptors (Lipinski definition) is 2. The van der Waals surface area contributed by atoms with Gasteiger partial charge in [-0.3, -0.25) is 4.79 Å². The highest BCUT2D eigenvalue weighted by Crippen LogP contribution is 2.16. The van der Waals surface area contributed by atoms with Gasteiger partial charge < -0.3 is 10.4 Å². The van der Waals surface area contributed by atoms with E-state index in [2.05, 4.69) is 5.32 Å². The monoisotopic (exact) mass is 261 g/mol. The zero-order valence-electron chi connectivity index (χ0n) is 11.9. The van der Waals surface area contributed by atoms with Crippen LogP contribution in [0.25, 0.3) is 0 Å². The molecule has 3 heteroatoms. The molecular weight excluding hydrogens is 238 g/mol. The van der Waals surface area contributed by atoms with Gasteiger partial charge in [0.2, 0.25) is 5.91 Å². The Morgan fingerprint density at radius 2 is 1.95 bits per heavy atom. The lowest BCUT2D eigenvalue weighted by Crippen LogP contribution is -2.27. The molecule has 0 aliphatic rings. The smallest absolute Gasteiger partial charge is 0.244 e. The Kier molecular flexibility index (Phi) is 6.30. The van der Waals surface area contributed by atoms with Crippen LogP contribution in [0.3, 0.4) is 0 Å². The van der Waals surface area contributed by atoms with E-state index in [-0.39, 0.29) is 12.5 Å². The summed E-state index contributed by atoms with van der Waals surface area (Å²) in [6.07, 6.45) is 2.73. The van der Waals surface area contributed by atoms with Crippen LogP contribution in [0, 0.1) is 6.92 Å². The topological polar surface area (TPSA) is 49.3 Å². The molecule has 1 atom stereocenters. The number of carbonyl (C=O) groups is 1. The van der Waals surface area contributed by atoms with Crippen LogP contribution >= 0.6 is 0 Å². The first-order chi connectivity index (χ1) is 9.08. The third kappa shape index (κ3) is 4.87. The molecule has 1 unspecified atom stereocenters. The van der Waals surface area contributed by atoms with Gasteiger partial charge in [0, 0.05) is 12.6 Å². The molecule has 0 spiro atoms. The van der Waals surface area contributed by atoms with Crippen molar-refractivity contribution in [1.82, 2.24) is 5.32 Å². The largest absolute Gasteiger partial charge is 0.387 e. The summed E-state index contributed by atoms with van der Waals surface area (Å²) in [4.78, 5) is 11.7. The van der Waals surface area contributed by atoms with E-state index in [1.165, 1.54) is 0 Å². The van der Waals surface area contributed by atoms with Crippen molar-refractivity contribution in [2.45, 2.75) is 39.7 Å². The third-order valence-corrected chi connectivity index (χ3v) is 3.26. The molecule has 104 valence electrons. The number of aliphatic hydroxyl groups excluding tert-OH is 1. The Balaban J connectivity index is 2.55. The number of aliphatic hydroxyl groups is 1. The summed E-state index contributed by atoms with van der Waals surface area (Å²) >= 11 is 0. The first-order valence-corrected chi connectivity index (χ1v) is 6.79. The minimum absolute atomic E-state index is 0.133. The van der Waals surface area contributed by atoms with E-state index in [0.29, 0.717) is 0 Å². The van der Waals surface area contributed by atoms with Gasteiger partial charge in [0.25, 0.3) is 0 Å². The van der Waals surface area contributed by atoms with Gasteiger partial charge in [-0.05, 0) is 30.9 Å². The molecule has 0 radical (unpaired) electrons. The maximum Gasteiger partial charge on any atom is 0.244 e. The average Bonchev–Trinajstić information content (AvgIpc) is 2.42. The normalized spacial score (nSPS) is 11.8. The fourth-order valence-corrected chi connectivity index (χ4v) is 1.96. The van der Waals surface area contributed by atoms with Crippen molar-refractivity contribution in [3.05, 3.63) is 47.0 Å². The summed E-state index contributed by atoms with van der Waals surface area (Å²) in [5.41, 5.74) is 3.00. The Labute approximate surface area is 115 Å². The van der Waals surface area contributed by atoms with Crippen molar-refractivity contribution < 1.29 is 9.90 Å². The molecule has 1 rings (SSSR count). The van der Waals surface area contributed by atoms with Crippen molar-refractivity contribution in [2.24, 2.45) is 0 Å².